The molecule has 0 aromatic heterocycles. The number of carbonyl (C=O) groups is 1. The number of nitrogens with zero attached hydrogens (tertiary/aromatic N) is 2. The Balaban J connectivity index is 2.79. The van der Waals surface area contributed by atoms with Crippen LogP contribution in [0.2, 0.25) is 0 Å². The second kappa shape index (κ2) is 10.4. The van der Waals surface area contributed by atoms with Gasteiger partial charge in [0, 0.05) is 25.2 Å². The normalized spacial score (nSPS) is 22.7. The lowest BCUT2D eigenvalue weighted by molar-refractivity contribution is -0.107. The van der Waals surface area contributed by atoms with Crippen LogP contribution in [0.3, 0.4) is 0 Å². The highest BCUT2D eigenvalue weighted by atomic mass is 32.2. The molecule has 8 heteroatoms. The van der Waals surface area contributed by atoms with Crippen LogP contribution < -0.4 is 5.32 Å². The first-order valence-corrected chi connectivity index (χ1v) is 10.1. The third-order valence-electron chi connectivity index (χ3n) is 4.59. The summed E-state index contributed by atoms with van der Waals surface area (Å²) in [6.45, 7) is 7.60. The number of likely N-dealkylation sites (N-methyl/N-ethyl adjacent to an activating group) is 1. The van der Waals surface area contributed by atoms with Crippen molar-refractivity contribution < 1.29 is 17.8 Å². The minimum Gasteiger partial charge on any atom is -0.306 e. The van der Waals surface area contributed by atoms with Crippen LogP contribution in [-0.2, 0) is 14.9 Å². The maximum atomic E-state index is 11.4. The molecule has 0 aromatic rings. The van der Waals surface area contributed by atoms with Gasteiger partial charge in [0.1, 0.15) is 12.2 Å². The molecular formula is C15H31N3O4S. The lowest BCUT2D eigenvalue weighted by atomic mass is 9.89. The summed E-state index contributed by atoms with van der Waals surface area (Å²) in [6, 6.07) is 0.119. The van der Waals surface area contributed by atoms with Crippen molar-refractivity contribution in [3.8, 4) is 0 Å². The first kappa shape index (κ1) is 20.5. The fourth-order valence-electron chi connectivity index (χ4n) is 3.33. The lowest BCUT2D eigenvalue weighted by Crippen LogP contribution is -2.54. The third-order valence-corrected chi connectivity index (χ3v) is 5.25. The molecule has 0 heterocycles. The van der Waals surface area contributed by atoms with Crippen LogP contribution in [0.4, 0.5) is 0 Å². The molecule has 136 valence electrons. The summed E-state index contributed by atoms with van der Waals surface area (Å²) in [5, 5.41) is 3.20. The van der Waals surface area contributed by atoms with E-state index in [1.807, 2.05) is 4.90 Å². The minimum atomic E-state index is -4.07. The molecule has 1 aliphatic rings. The molecule has 1 fully saturated rings. The van der Waals surface area contributed by atoms with Crippen LogP contribution >= 0.6 is 0 Å². The van der Waals surface area contributed by atoms with Gasteiger partial charge in [-0.1, -0.05) is 26.7 Å². The first-order valence-electron chi connectivity index (χ1n) is 8.49. The Labute approximate surface area is 140 Å². The van der Waals surface area contributed by atoms with E-state index in [1.165, 1.54) is 0 Å². The van der Waals surface area contributed by atoms with Crippen molar-refractivity contribution in [2.24, 2.45) is 0 Å². The molecule has 1 unspecified atom stereocenters. The molecule has 0 amide bonds. The number of carbonyl (C=O) groups excluding carboxylic acids is 1. The van der Waals surface area contributed by atoms with Gasteiger partial charge in [0.25, 0.3) is 10.1 Å². The molecule has 7 nitrogen and oxygen atoms in total. The predicted octanol–water partition coefficient (Wildman–Crippen LogP) is 0.575. The number of aldehydes is 1. The fourth-order valence-corrected chi connectivity index (χ4v) is 4.07. The van der Waals surface area contributed by atoms with Crippen LogP contribution in [0.15, 0.2) is 0 Å². The van der Waals surface area contributed by atoms with Gasteiger partial charge in [0.15, 0.2) is 0 Å². The van der Waals surface area contributed by atoms with E-state index in [-0.39, 0.29) is 24.5 Å². The summed E-state index contributed by atoms with van der Waals surface area (Å²) in [4.78, 5) is 14.7. The largest absolute Gasteiger partial charge is 0.306 e. The van der Waals surface area contributed by atoms with E-state index in [0.29, 0.717) is 6.54 Å². The van der Waals surface area contributed by atoms with E-state index >= 15 is 0 Å². The molecule has 0 aliphatic heterocycles. The Hall–Kier alpha value is -0.540. The molecule has 23 heavy (non-hydrogen) atoms. The molecule has 1 rings (SSSR count). The lowest BCUT2D eigenvalue weighted by Gasteiger charge is -2.40. The Morgan fingerprint density at radius 3 is 2.39 bits per heavy atom. The maximum absolute atomic E-state index is 11.4. The zero-order chi connectivity index (χ0) is 17.3. The van der Waals surface area contributed by atoms with E-state index in [0.717, 1.165) is 51.6 Å². The summed E-state index contributed by atoms with van der Waals surface area (Å²) < 4.78 is 32.1. The topological polar surface area (TPSA) is 90.0 Å². The number of nitrogens with one attached hydrogen (secondary N) is 1. The number of hydrogen-bond donors (Lipinski definition) is 2. The molecule has 2 N–H and O–H groups in total. The smallest absolute Gasteiger partial charge is 0.278 e. The average Bonchev–Trinajstić information content (AvgIpc) is 2.52. The summed E-state index contributed by atoms with van der Waals surface area (Å²) in [7, 11) is -4.07. The van der Waals surface area contributed by atoms with Gasteiger partial charge < -0.3 is 15.0 Å². The Kier molecular flexibility index (Phi) is 9.23. The Morgan fingerprint density at radius 2 is 1.83 bits per heavy atom. The second-order valence-electron chi connectivity index (χ2n) is 6.08. The number of rotatable bonds is 11. The van der Waals surface area contributed by atoms with Gasteiger partial charge in [-0.05, 0) is 25.9 Å². The van der Waals surface area contributed by atoms with Crippen molar-refractivity contribution >= 4 is 16.4 Å². The standard InChI is InChI=1S/C15H31N3O4S/c1-3-17(4-2)10-11-18(13-23(20,21)22)15-8-6-5-7-14(15)16-9-12-19/h12,14-16H,3-11,13H2,1-2H3,(H,20,21,22)/t14?,15-/m1/s1. The molecule has 0 spiro atoms. The molecule has 0 aromatic carbocycles. The second-order valence-corrected chi connectivity index (χ2v) is 7.51. The molecule has 0 saturated heterocycles. The molecular weight excluding hydrogens is 318 g/mol. The molecule has 1 saturated carbocycles. The highest BCUT2D eigenvalue weighted by Gasteiger charge is 2.31. The average molecular weight is 349 g/mol. The monoisotopic (exact) mass is 349 g/mol. The first-order chi connectivity index (χ1) is 10.9. The van der Waals surface area contributed by atoms with Crippen molar-refractivity contribution in [3.05, 3.63) is 0 Å². The van der Waals surface area contributed by atoms with E-state index in [4.69, 9.17) is 0 Å². The molecule has 0 radical (unpaired) electrons. The third kappa shape index (κ3) is 7.71. The SMILES string of the molecule is CCN(CC)CCN(CS(=O)(=O)O)[C@@H]1CCCCC1NCC=O. The van der Waals surface area contributed by atoms with Gasteiger partial charge in [0.2, 0.25) is 0 Å². The van der Waals surface area contributed by atoms with Crippen LogP contribution in [-0.4, -0.2) is 79.7 Å². The van der Waals surface area contributed by atoms with E-state index in [1.54, 1.807) is 0 Å². The quantitative estimate of drug-likeness (QED) is 0.416. The van der Waals surface area contributed by atoms with Gasteiger partial charge in [-0.25, -0.2) is 0 Å². The van der Waals surface area contributed by atoms with Crippen molar-refractivity contribution in [1.82, 2.24) is 15.1 Å². The van der Waals surface area contributed by atoms with Crippen molar-refractivity contribution in [2.75, 3.05) is 38.6 Å². The van der Waals surface area contributed by atoms with Crippen LogP contribution in [0.1, 0.15) is 39.5 Å². The zero-order valence-corrected chi connectivity index (χ0v) is 15.1. The van der Waals surface area contributed by atoms with Crippen LogP contribution in [0.25, 0.3) is 0 Å². The van der Waals surface area contributed by atoms with E-state index in [9.17, 15) is 17.8 Å². The van der Waals surface area contributed by atoms with Gasteiger partial charge in [-0.15, -0.1) is 0 Å². The maximum Gasteiger partial charge on any atom is 0.278 e. The summed E-state index contributed by atoms with van der Waals surface area (Å²) in [5.74, 6) is -0.349. The van der Waals surface area contributed by atoms with Crippen molar-refractivity contribution in [2.45, 2.75) is 51.6 Å². The summed E-state index contributed by atoms with van der Waals surface area (Å²) >= 11 is 0. The van der Waals surface area contributed by atoms with E-state index < -0.39 is 10.1 Å². The molecule has 1 aliphatic carbocycles. The number of hydrogen-bond acceptors (Lipinski definition) is 6. The molecule has 0 bridgehead atoms. The van der Waals surface area contributed by atoms with Crippen molar-refractivity contribution in [3.63, 3.8) is 0 Å². The van der Waals surface area contributed by atoms with Gasteiger partial charge in [-0.2, -0.15) is 8.42 Å². The van der Waals surface area contributed by atoms with Gasteiger partial charge in [-0.3, -0.25) is 9.45 Å². The Morgan fingerprint density at radius 1 is 1.17 bits per heavy atom. The van der Waals surface area contributed by atoms with Gasteiger partial charge in [0.05, 0.1) is 6.54 Å². The highest BCUT2D eigenvalue weighted by molar-refractivity contribution is 7.85. The fraction of sp³-hybridized carbons (Fsp3) is 0.933. The minimum absolute atomic E-state index is 0.0289. The highest BCUT2D eigenvalue weighted by Crippen LogP contribution is 2.23. The summed E-state index contributed by atoms with van der Waals surface area (Å²) in [6.07, 6.45) is 4.74. The van der Waals surface area contributed by atoms with Crippen LogP contribution in [0, 0.1) is 0 Å². The zero-order valence-electron chi connectivity index (χ0n) is 14.3. The van der Waals surface area contributed by atoms with Gasteiger partial charge >= 0.3 is 0 Å². The van der Waals surface area contributed by atoms with Crippen molar-refractivity contribution in [1.29, 1.82) is 0 Å². The Bertz CT molecular complexity index is 440. The predicted molar refractivity (Wildman–Crippen MR) is 91.0 cm³/mol. The van der Waals surface area contributed by atoms with E-state index in [2.05, 4.69) is 24.1 Å². The molecule has 2 atom stereocenters. The van der Waals surface area contributed by atoms with Crippen LogP contribution in [0.5, 0.6) is 0 Å². The summed E-state index contributed by atoms with van der Waals surface area (Å²) in [5.41, 5.74) is 0.